The Bertz CT molecular complexity index is 4840. The van der Waals surface area contributed by atoms with Crippen LogP contribution in [-0.2, 0) is 10.8 Å². The van der Waals surface area contributed by atoms with Crippen molar-refractivity contribution in [1.29, 1.82) is 0 Å². The summed E-state index contributed by atoms with van der Waals surface area (Å²) in [6.45, 7) is 14.7. The number of para-hydroxylation sites is 2. The molecule has 13 aromatic carbocycles. The predicted molar refractivity (Wildman–Crippen MR) is 357 cm³/mol. The normalized spacial score (nSPS) is 14.4. The van der Waals surface area contributed by atoms with Crippen molar-refractivity contribution in [3.05, 3.63) is 289 Å². The van der Waals surface area contributed by atoms with E-state index in [4.69, 9.17) is 0 Å². The first-order valence-electron chi connectivity index (χ1n) is 29.4. The molecule has 3 heteroatoms. The minimum Gasteiger partial charge on any atom is -0.310 e. The second-order valence-electron chi connectivity index (χ2n) is 24.8. The van der Waals surface area contributed by atoms with Gasteiger partial charge in [-0.3, -0.25) is 0 Å². The fourth-order valence-electron chi connectivity index (χ4n) is 15.1. The monoisotopic (exact) mass is 1080 g/mol. The van der Waals surface area contributed by atoms with E-state index in [1.54, 1.807) is 0 Å². The summed E-state index contributed by atoms with van der Waals surface area (Å²) in [6.07, 6.45) is 0. The lowest BCUT2D eigenvalue weighted by Crippen LogP contribution is -2.56. The highest BCUT2D eigenvalue weighted by atomic mass is 28.3. The Hall–Kier alpha value is -9.54. The highest BCUT2D eigenvalue weighted by Gasteiger charge is 2.40. The summed E-state index contributed by atoms with van der Waals surface area (Å²) in [4.78, 5) is 5.11. The summed E-state index contributed by atoms with van der Waals surface area (Å²) >= 11 is 0. The standard InChI is InChI=1S/C80H62N2Si/c1-79(2)69-35-19-15-31-59(69)61-43-40-53(46-71(61)79)81(73-37-21-17-28-56(73)51-24-9-7-10-25-51)55-42-45-64-68-49-66-58-30-13-14-33-63(58)75(50-67(66)65-34-23-39-76(78(65)68)83(5,6)77(64)48-55)82(74-38-22-18-29-57(74)52-26-11-8-12-27-52)54-41-44-62-60-32-16-20-36-70(60)80(3,4)72(62)47-54/h7-50H,1-6H3. The molecule has 0 radical (unpaired) electrons. The van der Waals surface area contributed by atoms with Gasteiger partial charge in [-0.15, -0.1) is 0 Å². The van der Waals surface area contributed by atoms with Crippen LogP contribution in [0.25, 0.3) is 88.0 Å². The highest BCUT2D eigenvalue weighted by Crippen LogP contribution is 2.55. The second kappa shape index (κ2) is 18.2. The molecule has 0 bridgehead atoms. The smallest absolute Gasteiger partial charge is 0.113 e. The van der Waals surface area contributed by atoms with Gasteiger partial charge in [-0.05, 0) is 165 Å². The molecule has 1 heterocycles. The molecule has 0 atom stereocenters. The van der Waals surface area contributed by atoms with Gasteiger partial charge in [0.05, 0.1) is 17.1 Å². The van der Waals surface area contributed by atoms with Gasteiger partial charge in [0.1, 0.15) is 8.07 Å². The van der Waals surface area contributed by atoms with Crippen LogP contribution >= 0.6 is 0 Å². The van der Waals surface area contributed by atoms with Crippen molar-refractivity contribution in [3.63, 3.8) is 0 Å². The molecule has 16 rings (SSSR count). The van der Waals surface area contributed by atoms with E-state index in [1.165, 1.54) is 126 Å². The van der Waals surface area contributed by atoms with Gasteiger partial charge in [0.25, 0.3) is 0 Å². The molecule has 0 amide bonds. The van der Waals surface area contributed by atoms with Gasteiger partial charge in [0.2, 0.25) is 0 Å². The predicted octanol–water partition coefficient (Wildman–Crippen LogP) is 20.8. The van der Waals surface area contributed by atoms with E-state index < -0.39 is 8.07 Å². The lowest BCUT2D eigenvalue weighted by molar-refractivity contribution is 0.660. The number of rotatable bonds is 8. The first-order valence-corrected chi connectivity index (χ1v) is 32.4. The van der Waals surface area contributed by atoms with E-state index in [0.29, 0.717) is 0 Å². The van der Waals surface area contributed by atoms with Crippen molar-refractivity contribution in [3.8, 4) is 55.6 Å². The van der Waals surface area contributed by atoms with Gasteiger partial charge in [-0.2, -0.15) is 0 Å². The maximum absolute atomic E-state index is 2.58. The summed E-state index contributed by atoms with van der Waals surface area (Å²) < 4.78 is 0. The quantitative estimate of drug-likeness (QED) is 0.111. The highest BCUT2D eigenvalue weighted by molar-refractivity contribution is 7.03. The maximum Gasteiger partial charge on any atom is 0.113 e. The van der Waals surface area contributed by atoms with Crippen LogP contribution in [0.15, 0.2) is 267 Å². The van der Waals surface area contributed by atoms with Crippen LogP contribution in [0.5, 0.6) is 0 Å². The maximum atomic E-state index is 2.58. The van der Waals surface area contributed by atoms with Crippen molar-refractivity contribution in [1.82, 2.24) is 0 Å². The molecule has 0 unspecified atom stereocenters. The first kappa shape index (κ1) is 49.3. The van der Waals surface area contributed by atoms with Crippen molar-refractivity contribution >= 4 is 84.9 Å². The molecule has 0 saturated heterocycles. The third kappa shape index (κ3) is 7.27. The van der Waals surface area contributed by atoms with E-state index in [0.717, 1.165) is 28.4 Å². The third-order valence-corrected chi connectivity index (χ3v) is 22.7. The Morgan fingerprint density at radius 3 is 1.29 bits per heavy atom. The SMILES string of the molecule is CC1(C)c2ccccc2-c2ccc(N(c3ccc4c(c3)[Si](C)(C)c3cccc5c3c-4cc3c4ccccc4c(N(c4ccc6c(c4)C(C)(C)c4ccccc4-6)c4ccccc4-c4ccccc4)cc53)c3ccccc3-c3ccccc3)cc21. The van der Waals surface area contributed by atoms with E-state index in [1.807, 2.05) is 0 Å². The second-order valence-corrected chi connectivity index (χ2v) is 29.1. The fourth-order valence-corrected chi connectivity index (χ4v) is 18.2. The average molecular weight is 1080 g/mol. The summed E-state index contributed by atoms with van der Waals surface area (Å²) in [6, 6.07) is 101. The molecule has 1 aliphatic heterocycles. The van der Waals surface area contributed by atoms with Crippen LogP contribution < -0.4 is 20.2 Å². The molecular formula is C80H62N2Si. The zero-order valence-electron chi connectivity index (χ0n) is 47.8. The van der Waals surface area contributed by atoms with Gasteiger partial charge in [-0.25, -0.2) is 0 Å². The van der Waals surface area contributed by atoms with E-state index in [9.17, 15) is 0 Å². The van der Waals surface area contributed by atoms with Crippen molar-refractivity contribution in [2.45, 2.75) is 51.6 Å². The lowest BCUT2D eigenvalue weighted by Gasteiger charge is -2.36. The Balaban J connectivity index is 0.914. The molecule has 0 saturated carbocycles. The van der Waals surface area contributed by atoms with Crippen LogP contribution in [0.2, 0.25) is 13.1 Å². The van der Waals surface area contributed by atoms with Crippen molar-refractivity contribution in [2.75, 3.05) is 9.80 Å². The molecule has 13 aromatic rings. The lowest BCUT2D eigenvalue weighted by atomic mass is 9.82. The van der Waals surface area contributed by atoms with E-state index in [-0.39, 0.29) is 10.8 Å². The zero-order chi connectivity index (χ0) is 55.9. The Morgan fingerprint density at radius 2 is 0.699 bits per heavy atom. The molecule has 3 aliphatic rings. The van der Waals surface area contributed by atoms with Crippen LogP contribution in [-0.4, -0.2) is 8.07 Å². The number of hydrogen-bond donors (Lipinski definition) is 0. The average Bonchev–Trinajstić information content (AvgIpc) is 3.77. The summed E-state index contributed by atoms with van der Waals surface area (Å²) in [7, 11) is -2.42. The van der Waals surface area contributed by atoms with Crippen LogP contribution in [0.4, 0.5) is 34.1 Å². The van der Waals surface area contributed by atoms with Gasteiger partial charge in [0, 0.05) is 44.4 Å². The molecule has 0 spiro atoms. The molecule has 0 N–H and O–H groups in total. The first-order chi connectivity index (χ1) is 40.5. The molecule has 396 valence electrons. The van der Waals surface area contributed by atoms with Crippen LogP contribution in [0.1, 0.15) is 49.9 Å². The molecule has 83 heavy (non-hydrogen) atoms. The van der Waals surface area contributed by atoms with Crippen LogP contribution in [0, 0.1) is 0 Å². The van der Waals surface area contributed by atoms with Gasteiger partial charge in [-0.1, -0.05) is 247 Å². The number of hydrogen-bond acceptors (Lipinski definition) is 2. The summed E-state index contributed by atoms with van der Waals surface area (Å²) in [5.74, 6) is 0. The Labute approximate surface area is 488 Å². The zero-order valence-corrected chi connectivity index (χ0v) is 48.8. The molecule has 2 aliphatic carbocycles. The van der Waals surface area contributed by atoms with Crippen molar-refractivity contribution < 1.29 is 0 Å². The van der Waals surface area contributed by atoms with Gasteiger partial charge < -0.3 is 9.80 Å². The molecule has 0 fully saturated rings. The minimum absolute atomic E-state index is 0.148. The van der Waals surface area contributed by atoms with E-state index in [2.05, 4.69) is 318 Å². The Morgan fingerprint density at radius 1 is 0.265 bits per heavy atom. The number of fused-ring (bicyclic) bond motifs is 12. The number of nitrogens with zero attached hydrogens (tertiary/aromatic N) is 2. The third-order valence-electron chi connectivity index (χ3n) is 19.2. The number of benzene rings is 13. The van der Waals surface area contributed by atoms with Gasteiger partial charge >= 0.3 is 0 Å². The number of anilines is 6. The molecule has 2 nitrogen and oxygen atoms in total. The largest absolute Gasteiger partial charge is 0.310 e. The summed E-state index contributed by atoms with van der Waals surface area (Å²) in [5.41, 5.74) is 24.8. The Kier molecular flexibility index (Phi) is 10.8. The topological polar surface area (TPSA) is 6.48 Å². The summed E-state index contributed by atoms with van der Waals surface area (Å²) in [5, 5.41) is 10.6. The van der Waals surface area contributed by atoms with Crippen molar-refractivity contribution in [2.24, 2.45) is 0 Å². The molecule has 0 aromatic heterocycles. The van der Waals surface area contributed by atoms with Crippen LogP contribution in [0.3, 0.4) is 0 Å². The fraction of sp³-hybridized carbons (Fsp3) is 0.100. The van der Waals surface area contributed by atoms with Gasteiger partial charge in [0.15, 0.2) is 0 Å². The van der Waals surface area contributed by atoms with E-state index >= 15 is 0 Å². The molecular weight excluding hydrogens is 1020 g/mol. The minimum atomic E-state index is -2.42.